The first-order valence-corrected chi connectivity index (χ1v) is 5.51. The van der Waals surface area contributed by atoms with Gasteiger partial charge in [0, 0.05) is 0 Å². The Morgan fingerprint density at radius 3 is 2.67 bits per heavy atom. The first-order valence-electron chi connectivity index (χ1n) is 5.51. The van der Waals surface area contributed by atoms with Gasteiger partial charge in [0.2, 0.25) is 0 Å². The molecule has 3 saturated carbocycles. The fourth-order valence-electron chi connectivity index (χ4n) is 4.49. The molecule has 0 aromatic heterocycles. The van der Waals surface area contributed by atoms with Gasteiger partial charge in [0.15, 0.2) is 0 Å². The van der Waals surface area contributed by atoms with E-state index >= 15 is 0 Å². The van der Waals surface area contributed by atoms with Crippen LogP contribution in [0.4, 0.5) is 0 Å². The lowest BCUT2D eigenvalue weighted by atomic mass is 9.76. The van der Waals surface area contributed by atoms with Crippen molar-refractivity contribution in [3.8, 4) is 0 Å². The van der Waals surface area contributed by atoms with Crippen molar-refractivity contribution in [2.45, 2.75) is 51.0 Å². The van der Waals surface area contributed by atoms with Crippen LogP contribution < -0.4 is 0 Å². The minimum Gasteiger partial charge on any atom is -0.393 e. The minimum absolute atomic E-state index is 0.0674. The number of hydrogen-bond donors (Lipinski definition) is 1. The molecular formula is C11H18O. The fraction of sp³-hybridized carbons (Fsp3) is 1.00. The van der Waals surface area contributed by atoms with Crippen molar-refractivity contribution < 1.29 is 5.11 Å². The van der Waals surface area contributed by atoms with E-state index in [1.54, 1.807) is 0 Å². The summed E-state index contributed by atoms with van der Waals surface area (Å²) in [6.45, 7) is 0. The zero-order valence-corrected chi connectivity index (χ0v) is 7.63. The summed E-state index contributed by atoms with van der Waals surface area (Å²) in [5.74, 6) is 1.60. The van der Waals surface area contributed by atoms with Gasteiger partial charge in [-0.3, -0.25) is 0 Å². The standard InChI is InChI=1S/C11H18O/c12-10-7-8-3-1-5-11(8)6-2-4-9(10)11/h8-10,12H,1-7H2/t8-,9-,10+,11+/m0/s1. The normalized spacial score (nSPS) is 57.2. The van der Waals surface area contributed by atoms with Crippen molar-refractivity contribution in [2.24, 2.45) is 17.3 Å². The SMILES string of the molecule is O[C@@H]1C[C@@H]2CCC[C@@]23CCC[C@@H]13. The molecule has 1 nitrogen and oxygen atoms in total. The Morgan fingerprint density at radius 2 is 1.83 bits per heavy atom. The van der Waals surface area contributed by atoms with Crippen molar-refractivity contribution in [2.75, 3.05) is 0 Å². The van der Waals surface area contributed by atoms with Crippen molar-refractivity contribution in [1.82, 2.24) is 0 Å². The smallest absolute Gasteiger partial charge is 0.0576 e. The van der Waals surface area contributed by atoms with Gasteiger partial charge >= 0.3 is 0 Å². The highest BCUT2D eigenvalue weighted by atomic mass is 16.3. The highest BCUT2D eigenvalue weighted by Crippen LogP contribution is 2.64. The largest absolute Gasteiger partial charge is 0.393 e. The lowest BCUT2D eigenvalue weighted by Gasteiger charge is -2.29. The van der Waals surface area contributed by atoms with Crippen LogP contribution in [0.3, 0.4) is 0 Å². The average Bonchev–Trinajstić information content (AvgIpc) is 2.63. The maximum absolute atomic E-state index is 9.90. The molecule has 3 aliphatic carbocycles. The monoisotopic (exact) mass is 166 g/mol. The van der Waals surface area contributed by atoms with E-state index in [2.05, 4.69) is 0 Å². The van der Waals surface area contributed by atoms with E-state index in [1.807, 2.05) is 0 Å². The highest BCUT2D eigenvalue weighted by molar-refractivity contribution is 5.07. The summed E-state index contributed by atoms with van der Waals surface area (Å²) in [6, 6.07) is 0. The van der Waals surface area contributed by atoms with Crippen LogP contribution in [0, 0.1) is 17.3 Å². The van der Waals surface area contributed by atoms with E-state index in [9.17, 15) is 5.11 Å². The molecule has 0 heterocycles. The topological polar surface area (TPSA) is 20.2 Å². The van der Waals surface area contributed by atoms with Crippen LogP contribution in [0.2, 0.25) is 0 Å². The maximum Gasteiger partial charge on any atom is 0.0576 e. The van der Waals surface area contributed by atoms with Gasteiger partial charge in [-0.15, -0.1) is 0 Å². The maximum atomic E-state index is 9.90. The van der Waals surface area contributed by atoms with E-state index in [0.717, 1.165) is 12.3 Å². The highest BCUT2D eigenvalue weighted by Gasteiger charge is 2.57. The average molecular weight is 166 g/mol. The van der Waals surface area contributed by atoms with Gasteiger partial charge in [0.25, 0.3) is 0 Å². The molecule has 68 valence electrons. The molecule has 0 aromatic carbocycles. The molecule has 12 heavy (non-hydrogen) atoms. The molecule has 0 saturated heterocycles. The number of hydrogen-bond acceptors (Lipinski definition) is 1. The number of aliphatic hydroxyl groups excluding tert-OH is 1. The first-order chi connectivity index (χ1) is 5.83. The summed E-state index contributed by atoms with van der Waals surface area (Å²) in [4.78, 5) is 0. The first kappa shape index (κ1) is 7.37. The molecule has 0 bridgehead atoms. The molecule has 4 atom stereocenters. The summed E-state index contributed by atoms with van der Waals surface area (Å²) >= 11 is 0. The lowest BCUT2D eigenvalue weighted by molar-refractivity contribution is 0.0947. The fourth-order valence-corrected chi connectivity index (χ4v) is 4.49. The summed E-state index contributed by atoms with van der Waals surface area (Å²) in [5.41, 5.74) is 0.638. The molecule has 1 spiro atoms. The van der Waals surface area contributed by atoms with Crippen molar-refractivity contribution in [3.05, 3.63) is 0 Å². The Morgan fingerprint density at radius 1 is 1.08 bits per heavy atom. The second-order valence-corrected chi connectivity index (χ2v) is 5.12. The molecular weight excluding hydrogens is 148 g/mol. The lowest BCUT2D eigenvalue weighted by Crippen LogP contribution is -2.25. The summed E-state index contributed by atoms with van der Waals surface area (Å²) < 4.78 is 0. The van der Waals surface area contributed by atoms with Gasteiger partial charge in [0.05, 0.1) is 6.10 Å². The third kappa shape index (κ3) is 0.693. The molecule has 0 aromatic rings. The molecule has 0 radical (unpaired) electrons. The van der Waals surface area contributed by atoms with Gasteiger partial charge in [-0.1, -0.05) is 12.8 Å². The molecule has 0 aliphatic heterocycles. The van der Waals surface area contributed by atoms with Gasteiger partial charge < -0.3 is 5.11 Å². The molecule has 0 amide bonds. The van der Waals surface area contributed by atoms with Crippen LogP contribution in [0.25, 0.3) is 0 Å². The molecule has 1 heteroatoms. The summed E-state index contributed by atoms with van der Waals surface area (Å²) in [5, 5.41) is 9.90. The predicted molar refractivity (Wildman–Crippen MR) is 47.7 cm³/mol. The Balaban J connectivity index is 1.98. The van der Waals surface area contributed by atoms with Crippen molar-refractivity contribution in [1.29, 1.82) is 0 Å². The van der Waals surface area contributed by atoms with E-state index in [0.29, 0.717) is 11.3 Å². The van der Waals surface area contributed by atoms with E-state index in [1.165, 1.54) is 38.5 Å². The Kier molecular flexibility index (Phi) is 1.39. The van der Waals surface area contributed by atoms with E-state index in [4.69, 9.17) is 0 Å². The van der Waals surface area contributed by atoms with Crippen LogP contribution in [-0.2, 0) is 0 Å². The van der Waals surface area contributed by atoms with Gasteiger partial charge in [-0.05, 0) is 49.4 Å². The molecule has 3 rings (SSSR count). The Hall–Kier alpha value is -0.0400. The minimum atomic E-state index is 0.0674. The molecule has 1 N–H and O–H groups in total. The Labute approximate surface area is 74.2 Å². The third-order valence-electron chi connectivity index (χ3n) is 4.89. The second-order valence-electron chi connectivity index (χ2n) is 5.12. The molecule has 3 fully saturated rings. The number of aliphatic hydroxyl groups is 1. The quantitative estimate of drug-likeness (QED) is 0.585. The van der Waals surface area contributed by atoms with Crippen LogP contribution in [0.5, 0.6) is 0 Å². The van der Waals surface area contributed by atoms with Gasteiger partial charge in [0.1, 0.15) is 0 Å². The predicted octanol–water partition coefficient (Wildman–Crippen LogP) is 2.34. The zero-order valence-electron chi connectivity index (χ0n) is 7.63. The molecule has 3 aliphatic rings. The Bertz CT molecular complexity index is 197. The van der Waals surface area contributed by atoms with E-state index in [-0.39, 0.29) is 6.10 Å². The van der Waals surface area contributed by atoms with Crippen LogP contribution >= 0.6 is 0 Å². The van der Waals surface area contributed by atoms with E-state index < -0.39 is 0 Å². The third-order valence-corrected chi connectivity index (χ3v) is 4.89. The number of rotatable bonds is 0. The van der Waals surface area contributed by atoms with Crippen molar-refractivity contribution >= 4 is 0 Å². The van der Waals surface area contributed by atoms with Crippen LogP contribution in [0.1, 0.15) is 44.9 Å². The van der Waals surface area contributed by atoms with Gasteiger partial charge in [-0.25, -0.2) is 0 Å². The second kappa shape index (κ2) is 2.25. The summed E-state index contributed by atoms with van der Waals surface area (Å²) in [6.07, 6.45) is 9.61. The molecule has 0 unspecified atom stereocenters. The van der Waals surface area contributed by atoms with Gasteiger partial charge in [-0.2, -0.15) is 0 Å². The van der Waals surface area contributed by atoms with Crippen LogP contribution in [-0.4, -0.2) is 11.2 Å². The van der Waals surface area contributed by atoms with Crippen molar-refractivity contribution in [3.63, 3.8) is 0 Å². The van der Waals surface area contributed by atoms with Crippen LogP contribution in [0.15, 0.2) is 0 Å². The zero-order chi connectivity index (χ0) is 8.18. The summed E-state index contributed by atoms with van der Waals surface area (Å²) in [7, 11) is 0.